The number of nitrogens with zero attached hydrogens (tertiary/aromatic N) is 1. The van der Waals surface area contributed by atoms with Crippen LogP contribution in [0.15, 0.2) is 23.1 Å². The second-order valence-corrected chi connectivity index (χ2v) is 8.44. The maximum Gasteiger partial charge on any atom is 0.243 e. The molecule has 0 aromatic heterocycles. The van der Waals surface area contributed by atoms with Crippen LogP contribution in [0.4, 0.5) is 5.69 Å². The number of benzene rings is 1. The molecule has 0 saturated heterocycles. The number of rotatable bonds is 3. The predicted octanol–water partition coefficient (Wildman–Crippen LogP) is 2.85. The Morgan fingerprint density at radius 2 is 2.10 bits per heavy atom. The highest BCUT2D eigenvalue weighted by Crippen LogP contribution is 2.31. The van der Waals surface area contributed by atoms with Gasteiger partial charge in [-0.15, -0.1) is 0 Å². The first-order chi connectivity index (χ1) is 9.98. The third-order valence-corrected chi connectivity index (χ3v) is 6.80. The molecule has 1 fully saturated rings. The van der Waals surface area contributed by atoms with Crippen LogP contribution >= 0.6 is 0 Å². The van der Waals surface area contributed by atoms with Crippen molar-refractivity contribution in [2.75, 3.05) is 18.9 Å². The minimum Gasteiger partial charge on any atom is -0.384 e. The molecule has 2 atom stereocenters. The van der Waals surface area contributed by atoms with Crippen molar-refractivity contribution in [1.82, 2.24) is 4.31 Å². The zero-order valence-electron chi connectivity index (χ0n) is 12.8. The van der Waals surface area contributed by atoms with Crippen LogP contribution in [0.3, 0.4) is 0 Å². The van der Waals surface area contributed by atoms with Gasteiger partial charge in [-0.05, 0) is 42.9 Å². The zero-order valence-corrected chi connectivity index (χ0v) is 13.6. The fourth-order valence-electron chi connectivity index (χ4n) is 3.53. The van der Waals surface area contributed by atoms with Crippen LogP contribution in [0, 0.1) is 5.92 Å². The third-order valence-electron chi connectivity index (χ3n) is 4.89. The average Bonchev–Trinajstić information content (AvgIpc) is 2.93. The molecule has 1 aromatic rings. The first-order valence-electron chi connectivity index (χ1n) is 7.83. The van der Waals surface area contributed by atoms with Crippen molar-refractivity contribution in [3.63, 3.8) is 0 Å². The van der Waals surface area contributed by atoms with Gasteiger partial charge in [0.1, 0.15) is 0 Å². The van der Waals surface area contributed by atoms with E-state index in [1.54, 1.807) is 23.5 Å². The highest BCUT2D eigenvalue weighted by molar-refractivity contribution is 7.89. The van der Waals surface area contributed by atoms with Crippen LogP contribution in [0.2, 0.25) is 0 Å². The van der Waals surface area contributed by atoms with Crippen LogP contribution in [0.1, 0.15) is 38.2 Å². The molecule has 1 aliphatic carbocycles. The fourth-order valence-corrected chi connectivity index (χ4v) is 4.95. The Balaban J connectivity index is 1.85. The lowest BCUT2D eigenvalue weighted by atomic mass is 9.87. The topological polar surface area (TPSA) is 49.4 Å². The van der Waals surface area contributed by atoms with Crippen molar-refractivity contribution in [2.45, 2.75) is 50.0 Å². The second kappa shape index (κ2) is 5.61. The maximum atomic E-state index is 12.8. The highest BCUT2D eigenvalue weighted by Gasteiger charge is 2.31. The maximum absolute atomic E-state index is 12.8. The van der Waals surface area contributed by atoms with Crippen molar-refractivity contribution < 1.29 is 8.42 Å². The van der Waals surface area contributed by atoms with Crippen LogP contribution < -0.4 is 5.32 Å². The van der Waals surface area contributed by atoms with Gasteiger partial charge in [-0.1, -0.05) is 25.8 Å². The predicted molar refractivity (Wildman–Crippen MR) is 85.0 cm³/mol. The smallest absolute Gasteiger partial charge is 0.243 e. The average molecular weight is 308 g/mol. The number of hydrogen-bond donors (Lipinski definition) is 1. The number of sulfonamides is 1. The van der Waals surface area contributed by atoms with Crippen molar-refractivity contribution in [2.24, 2.45) is 5.92 Å². The van der Waals surface area contributed by atoms with Gasteiger partial charge in [-0.3, -0.25) is 0 Å². The van der Waals surface area contributed by atoms with Crippen molar-refractivity contribution in [1.29, 1.82) is 0 Å². The molecule has 5 heteroatoms. The first-order valence-corrected chi connectivity index (χ1v) is 9.27. The largest absolute Gasteiger partial charge is 0.384 e. The molecular formula is C16H24N2O2S. The van der Waals surface area contributed by atoms with Crippen molar-refractivity contribution in [3.8, 4) is 0 Å². The lowest BCUT2D eigenvalue weighted by Gasteiger charge is -2.33. The Bertz CT molecular complexity index is 627. The molecule has 0 amide bonds. The van der Waals surface area contributed by atoms with E-state index in [2.05, 4.69) is 12.2 Å². The van der Waals surface area contributed by atoms with Crippen LogP contribution in [0.5, 0.6) is 0 Å². The van der Waals surface area contributed by atoms with Gasteiger partial charge in [0.05, 0.1) is 4.90 Å². The molecule has 2 aliphatic rings. The van der Waals surface area contributed by atoms with Gasteiger partial charge in [0.15, 0.2) is 0 Å². The summed E-state index contributed by atoms with van der Waals surface area (Å²) in [5.41, 5.74) is 2.18. The van der Waals surface area contributed by atoms with Gasteiger partial charge in [-0.2, -0.15) is 4.31 Å². The fraction of sp³-hybridized carbons (Fsp3) is 0.625. The summed E-state index contributed by atoms with van der Waals surface area (Å²) in [7, 11) is -1.66. The van der Waals surface area contributed by atoms with E-state index in [1.807, 2.05) is 6.07 Å². The summed E-state index contributed by atoms with van der Waals surface area (Å²) in [5.74, 6) is 0.614. The normalized spacial score (nSPS) is 25.7. The lowest BCUT2D eigenvalue weighted by Crippen LogP contribution is -2.39. The zero-order chi connectivity index (χ0) is 15.0. The lowest BCUT2D eigenvalue weighted by molar-refractivity contribution is 0.239. The molecule has 2 unspecified atom stereocenters. The number of fused-ring (bicyclic) bond motifs is 1. The van der Waals surface area contributed by atoms with Crippen molar-refractivity contribution in [3.05, 3.63) is 23.8 Å². The highest BCUT2D eigenvalue weighted by atomic mass is 32.2. The van der Waals surface area contributed by atoms with Gasteiger partial charge < -0.3 is 5.32 Å². The summed E-state index contributed by atoms with van der Waals surface area (Å²) >= 11 is 0. The molecule has 1 heterocycles. The van der Waals surface area contributed by atoms with Gasteiger partial charge >= 0.3 is 0 Å². The molecular weight excluding hydrogens is 284 g/mol. The van der Waals surface area contributed by atoms with E-state index in [-0.39, 0.29) is 6.04 Å². The molecule has 1 saturated carbocycles. The minimum absolute atomic E-state index is 0.139. The van der Waals surface area contributed by atoms with Gasteiger partial charge in [0.2, 0.25) is 10.0 Å². The van der Waals surface area contributed by atoms with E-state index >= 15 is 0 Å². The van der Waals surface area contributed by atoms with Crippen LogP contribution in [0.25, 0.3) is 0 Å². The standard InChI is InChI=1S/C16H24N2O2S/c1-12-4-3-5-14(10-12)18(2)21(19,20)15-7-6-13-8-9-17-16(13)11-15/h6-7,11-12,14,17H,3-5,8-10H2,1-2H3. The molecule has 1 aliphatic heterocycles. The quantitative estimate of drug-likeness (QED) is 0.934. The number of hydrogen-bond acceptors (Lipinski definition) is 3. The molecule has 0 spiro atoms. The Kier molecular flexibility index (Phi) is 3.97. The molecule has 4 nitrogen and oxygen atoms in total. The van der Waals surface area contributed by atoms with E-state index in [9.17, 15) is 8.42 Å². The summed E-state index contributed by atoms with van der Waals surface area (Å²) in [4.78, 5) is 0.413. The first kappa shape index (κ1) is 14.9. The number of nitrogens with one attached hydrogen (secondary N) is 1. The molecule has 0 bridgehead atoms. The summed E-state index contributed by atoms with van der Waals surface area (Å²) in [6, 6.07) is 5.63. The van der Waals surface area contributed by atoms with Gasteiger partial charge in [0, 0.05) is 25.3 Å². The van der Waals surface area contributed by atoms with E-state index in [0.717, 1.165) is 37.9 Å². The third kappa shape index (κ3) is 2.81. The Labute approximate surface area is 127 Å². The Morgan fingerprint density at radius 3 is 2.86 bits per heavy atom. The van der Waals surface area contributed by atoms with Crippen molar-refractivity contribution >= 4 is 15.7 Å². The summed E-state index contributed by atoms with van der Waals surface area (Å²) < 4.78 is 27.3. The molecule has 3 rings (SSSR count). The summed E-state index contributed by atoms with van der Waals surface area (Å²) in [6.45, 7) is 3.11. The molecule has 1 aromatic carbocycles. The number of anilines is 1. The van der Waals surface area contributed by atoms with E-state index in [0.29, 0.717) is 10.8 Å². The van der Waals surface area contributed by atoms with Gasteiger partial charge in [-0.25, -0.2) is 8.42 Å². The second-order valence-electron chi connectivity index (χ2n) is 6.44. The monoisotopic (exact) mass is 308 g/mol. The van der Waals surface area contributed by atoms with Crippen LogP contribution in [-0.2, 0) is 16.4 Å². The van der Waals surface area contributed by atoms with E-state index < -0.39 is 10.0 Å². The van der Waals surface area contributed by atoms with Crippen LogP contribution in [-0.4, -0.2) is 32.4 Å². The van der Waals surface area contributed by atoms with Gasteiger partial charge in [0.25, 0.3) is 0 Å². The minimum atomic E-state index is -3.39. The molecule has 21 heavy (non-hydrogen) atoms. The summed E-state index contributed by atoms with van der Waals surface area (Å²) in [5, 5.41) is 3.26. The Morgan fingerprint density at radius 1 is 1.29 bits per heavy atom. The SMILES string of the molecule is CC1CCCC(N(C)S(=O)(=O)c2ccc3c(c2)NCC3)C1. The summed E-state index contributed by atoms with van der Waals surface area (Å²) in [6.07, 6.45) is 5.26. The van der Waals surface area contributed by atoms with E-state index in [1.165, 1.54) is 12.0 Å². The molecule has 0 radical (unpaired) electrons. The Hall–Kier alpha value is -1.07. The molecule has 116 valence electrons. The van der Waals surface area contributed by atoms with E-state index in [4.69, 9.17) is 0 Å². The molecule has 1 N–H and O–H groups in total.